The number of halogens is 1. The Bertz CT molecular complexity index is 564. The van der Waals surface area contributed by atoms with Crippen LogP contribution in [0, 0.1) is 5.82 Å². The van der Waals surface area contributed by atoms with Gasteiger partial charge in [-0.25, -0.2) is 4.39 Å². The van der Waals surface area contributed by atoms with Crippen molar-refractivity contribution in [2.45, 2.75) is 25.3 Å². The van der Waals surface area contributed by atoms with Crippen molar-refractivity contribution in [2.75, 3.05) is 24.4 Å². The maximum absolute atomic E-state index is 13.8. The Morgan fingerprint density at radius 1 is 1.40 bits per heavy atom. The molecule has 5 nitrogen and oxygen atoms in total. The van der Waals surface area contributed by atoms with E-state index in [0.29, 0.717) is 6.54 Å². The second-order valence-electron chi connectivity index (χ2n) is 4.92. The van der Waals surface area contributed by atoms with E-state index >= 15 is 0 Å². The lowest BCUT2D eigenvalue weighted by molar-refractivity contribution is 0.257. The summed E-state index contributed by atoms with van der Waals surface area (Å²) in [4.78, 5) is 0. The summed E-state index contributed by atoms with van der Waals surface area (Å²) in [5, 5.41) is 0. The molecule has 1 aromatic carbocycles. The number of para-hydroxylation sites is 1. The lowest BCUT2D eigenvalue weighted by Gasteiger charge is -2.36. The second-order valence-corrected chi connectivity index (χ2v) is 6.84. The zero-order valence-electron chi connectivity index (χ0n) is 11.5. The summed E-state index contributed by atoms with van der Waals surface area (Å²) in [6.45, 7) is 0.716. The highest BCUT2D eigenvalue weighted by Crippen LogP contribution is 2.26. The maximum atomic E-state index is 13.8. The number of anilines is 1. The van der Waals surface area contributed by atoms with Gasteiger partial charge in [-0.1, -0.05) is 18.6 Å². The van der Waals surface area contributed by atoms with Gasteiger partial charge < -0.3 is 5.73 Å². The Hall–Kier alpha value is -1.18. The molecule has 7 heteroatoms. The summed E-state index contributed by atoms with van der Waals surface area (Å²) in [7, 11) is -2.38. The number of piperidine rings is 1. The predicted molar refractivity (Wildman–Crippen MR) is 77.1 cm³/mol. The van der Waals surface area contributed by atoms with E-state index in [1.165, 1.54) is 29.6 Å². The van der Waals surface area contributed by atoms with E-state index in [1.807, 2.05) is 0 Å². The van der Waals surface area contributed by atoms with Crippen LogP contribution in [0.15, 0.2) is 24.3 Å². The van der Waals surface area contributed by atoms with Gasteiger partial charge in [-0.05, 0) is 25.0 Å². The van der Waals surface area contributed by atoms with E-state index in [0.717, 1.165) is 23.6 Å². The Labute approximate surface area is 119 Å². The molecular formula is C13H20FN3O2S. The highest BCUT2D eigenvalue weighted by atomic mass is 32.2. The van der Waals surface area contributed by atoms with Gasteiger partial charge in [-0.15, -0.1) is 0 Å². The monoisotopic (exact) mass is 301 g/mol. The quantitative estimate of drug-likeness (QED) is 0.912. The van der Waals surface area contributed by atoms with Gasteiger partial charge in [0.2, 0.25) is 0 Å². The summed E-state index contributed by atoms with van der Waals surface area (Å²) < 4.78 is 41.4. The number of hydrogen-bond donors (Lipinski definition) is 1. The van der Waals surface area contributed by atoms with Crippen molar-refractivity contribution in [3.63, 3.8) is 0 Å². The number of hydrogen-bond acceptors (Lipinski definition) is 3. The fourth-order valence-electron chi connectivity index (χ4n) is 2.50. The molecule has 1 aliphatic heterocycles. The van der Waals surface area contributed by atoms with Crippen LogP contribution in [0.1, 0.15) is 19.3 Å². The first-order valence-electron chi connectivity index (χ1n) is 6.68. The minimum absolute atomic E-state index is 0.0499. The van der Waals surface area contributed by atoms with Crippen molar-refractivity contribution < 1.29 is 12.8 Å². The van der Waals surface area contributed by atoms with Crippen LogP contribution >= 0.6 is 0 Å². The molecule has 2 N–H and O–H groups in total. The first-order chi connectivity index (χ1) is 9.48. The third-order valence-electron chi connectivity index (χ3n) is 3.68. The van der Waals surface area contributed by atoms with Crippen molar-refractivity contribution >= 4 is 15.9 Å². The molecule has 0 aromatic heterocycles. The molecule has 112 valence electrons. The van der Waals surface area contributed by atoms with E-state index < -0.39 is 16.0 Å². The summed E-state index contributed by atoms with van der Waals surface area (Å²) in [5.41, 5.74) is 5.71. The van der Waals surface area contributed by atoms with Gasteiger partial charge in [0.15, 0.2) is 0 Å². The van der Waals surface area contributed by atoms with Crippen molar-refractivity contribution in [3.05, 3.63) is 30.1 Å². The largest absolute Gasteiger partial charge is 0.329 e. The lowest BCUT2D eigenvalue weighted by atomic mass is 10.1. The highest BCUT2D eigenvalue weighted by Gasteiger charge is 2.35. The fourth-order valence-corrected chi connectivity index (χ4v) is 4.14. The number of nitrogens with two attached hydrogens (primary N) is 1. The Kier molecular flexibility index (Phi) is 4.62. The molecule has 20 heavy (non-hydrogen) atoms. The first-order valence-corrected chi connectivity index (χ1v) is 8.08. The first kappa shape index (κ1) is 15.2. The van der Waals surface area contributed by atoms with Crippen LogP contribution in [0.4, 0.5) is 10.1 Å². The van der Waals surface area contributed by atoms with Crippen LogP contribution in [0.5, 0.6) is 0 Å². The van der Waals surface area contributed by atoms with Crippen molar-refractivity contribution in [2.24, 2.45) is 5.73 Å². The van der Waals surface area contributed by atoms with Crippen molar-refractivity contribution in [3.8, 4) is 0 Å². The molecule has 1 saturated heterocycles. The molecule has 0 amide bonds. The average Bonchev–Trinajstić information content (AvgIpc) is 2.47. The fraction of sp³-hybridized carbons (Fsp3) is 0.538. The van der Waals surface area contributed by atoms with E-state index in [4.69, 9.17) is 5.73 Å². The molecule has 0 radical (unpaired) electrons. The summed E-state index contributed by atoms with van der Waals surface area (Å²) in [6.07, 6.45) is 2.53. The van der Waals surface area contributed by atoms with Gasteiger partial charge in [-0.2, -0.15) is 12.7 Å². The zero-order chi connectivity index (χ0) is 14.8. The number of benzene rings is 1. The number of nitrogens with zero attached hydrogens (tertiary/aromatic N) is 2. The molecule has 1 atom stereocenters. The predicted octanol–water partition coefficient (Wildman–Crippen LogP) is 1.32. The van der Waals surface area contributed by atoms with E-state index in [2.05, 4.69) is 0 Å². The molecule has 0 spiro atoms. The van der Waals surface area contributed by atoms with Crippen molar-refractivity contribution in [1.29, 1.82) is 0 Å². The van der Waals surface area contributed by atoms with Crippen LogP contribution in [0.2, 0.25) is 0 Å². The maximum Gasteiger partial charge on any atom is 0.304 e. The Morgan fingerprint density at radius 2 is 2.10 bits per heavy atom. The van der Waals surface area contributed by atoms with Crippen LogP contribution < -0.4 is 10.0 Å². The topological polar surface area (TPSA) is 66.6 Å². The van der Waals surface area contributed by atoms with E-state index in [-0.39, 0.29) is 18.3 Å². The van der Waals surface area contributed by atoms with Gasteiger partial charge >= 0.3 is 10.2 Å². The van der Waals surface area contributed by atoms with Crippen LogP contribution in [-0.2, 0) is 10.2 Å². The highest BCUT2D eigenvalue weighted by molar-refractivity contribution is 7.90. The molecule has 1 fully saturated rings. The summed E-state index contributed by atoms with van der Waals surface area (Å²) in [6, 6.07) is 5.64. The minimum Gasteiger partial charge on any atom is -0.329 e. The molecule has 1 aliphatic rings. The smallest absolute Gasteiger partial charge is 0.304 e. The standard InChI is InChI=1S/C13H20FN3O2S/c1-16(13-8-3-2-7-12(13)14)20(18,19)17-9-5-4-6-11(17)10-15/h2-3,7-8,11H,4-6,9-10,15H2,1H3. The average molecular weight is 301 g/mol. The molecular weight excluding hydrogens is 281 g/mol. The Balaban J connectivity index is 2.32. The summed E-state index contributed by atoms with van der Waals surface area (Å²) >= 11 is 0. The normalized spacial score (nSPS) is 20.9. The molecule has 0 aliphatic carbocycles. The lowest BCUT2D eigenvalue weighted by Crippen LogP contribution is -2.52. The number of rotatable bonds is 4. The van der Waals surface area contributed by atoms with Crippen LogP contribution in [-0.4, -0.2) is 38.9 Å². The molecule has 1 aromatic rings. The van der Waals surface area contributed by atoms with Gasteiger partial charge in [-0.3, -0.25) is 4.31 Å². The van der Waals surface area contributed by atoms with Gasteiger partial charge in [0.05, 0.1) is 5.69 Å². The minimum atomic E-state index is -3.75. The zero-order valence-corrected chi connectivity index (χ0v) is 12.3. The van der Waals surface area contributed by atoms with Crippen molar-refractivity contribution in [1.82, 2.24) is 4.31 Å². The molecule has 0 bridgehead atoms. The van der Waals surface area contributed by atoms with Gasteiger partial charge in [0, 0.05) is 26.2 Å². The molecule has 1 heterocycles. The second kappa shape index (κ2) is 6.07. The van der Waals surface area contributed by atoms with Crippen LogP contribution in [0.3, 0.4) is 0 Å². The molecule has 0 saturated carbocycles. The van der Waals surface area contributed by atoms with E-state index in [9.17, 15) is 12.8 Å². The van der Waals surface area contributed by atoms with E-state index in [1.54, 1.807) is 6.07 Å². The van der Waals surface area contributed by atoms with Gasteiger partial charge in [0.1, 0.15) is 5.82 Å². The SMILES string of the molecule is CN(c1ccccc1F)S(=O)(=O)N1CCCCC1CN. The molecule has 1 unspecified atom stereocenters. The Morgan fingerprint density at radius 3 is 2.75 bits per heavy atom. The molecule has 2 rings (SSSR count). The van der Waals surface area contributed by atoms with Crippen LogP contribution in [0.25, 0.3) is 0 Å². The third-order valence-corrected chi connectivity index (χ3v) is 5.64. The van der Waals surface area contributed by atoms with Gasteiger partial charge in [0.25, 0.3) is 0 Å². The summed E-state index contributed by atoms with van der Waals surface area (Å²) in [5.74, 6) is -0.556. The third kappa shape index (κ3) is 2.79.